The standard InChI is InChI=1S/C29H43N5O3/c1-22-9-11-24(12-10-22)34-26(23-13-18-33(19-14-23)28(36)37-29(2,3)4)25(21-31-34)27(35)30-15-20-32-16-7-5-6-8-17-32/h9-12,21,23H,5-8,13-20H2,1-4H3,(H,30,35). The molecule has 8 heteroatoms. The molecule has 2 saturated heterocycles. The Morgan fingerprint density at radius 1 is 1.00 bits per heavy atom. The van der Waals surface area contributed by atoms with E-state index in [0.717, 1.165) is 43.9 Å². The van der Waals surface area contributed by atoms with Crippen molar-refractivity contribution in [2.45, 2.75) is 77.7 Å². The summed E-state index contributed by atoms with van der Waals surface area (Å²) >= 11 is 0. The van der Waals surface area contributed by atoms with Crippen LogP contribution in [0.2, 0.25) is 0 Å². The number of carbonyl (C=O) groups excluding carboxylic acids is 2. The fraction of sp³-hybridized carbons (Fsp3) is 0.621. The number of benzene rings is 1. The number of ether oxygens (including phenoxy) is 1. The van der Waals surface area contributed by atoms with Gasteiger partial charge in [0.05, 0.1) is 23.1 Å². The average molecular weight is 510 g/mol. The molecule has 202 valence electrons. The van der Waals surface area contributed by atoms with E-state index in [-0.39, 0.29) is 17.9 Å². The number of nitrogens with zero attached hydrogens (tertiary/aromatic N) is 4. The van der Waals surface area contributed by atoms with Gasteiger partial charge in [-0.05, 0) is 78.6 Å². The second kappa shape index (κ2) is 12.1. The number of rotatable bonds is 6. The molecule has 3 heterocycles. The van der Waals surface area contributed by atoms with E-state index in [9.17, 15) is 9.59 Å². The normalized spacial score (nSPS) is 17.9. The van der Waals surface area contributed by atoms with E-state index in [1.165, 1.54) is 31.2 Å². The maximum Gasteiger partial charge on any atom is 0.410 e. The summed E-state index contributed by atoms with van der Waals surface area (Å²) in [5.74, 6) is 0.0478. The number of aryl methyl sites for hydroxylation is 1. The SMILES string of the molecule is Cc1ccc(-n2ncc(C(=O)NCCN3CCCCCC3)c2C2CCN(C(=O)OC(C)(C)C)CC2)cc1. The van der Waals surface area contributed by atoms with Crippen molar-refractivity contribution >= 4 is 12.0 Å². The van der Waals surface area contributed by atoms with Crippen molar-refractivity contribution in [2.75, 3.05) is 39.3 Å². The summed E-state index contributed by atoms with van der Waals surface area (Å²) in [6, 6.07) is 8.21. The molecule has 37 heavy (non-hydrogen) atoms. The van der Waals surface area contributed by atoms with Crippen LogP contribution in [0.25, 0.3) is 5.69 Å². The third kappa shape index (κ3) is 7.34. The monoisotopic (exact) mass is 509 g/mol. The van der Waals surface area contributed by atoms with E-state index in [2.05, 4.69) is 34.4 Å². The third-order valence-corrected chi connectivity index (χ3v) is 7.28. The van der Waals surface area contributed by atoms with Crippen LogP contribution < -0.4 is 5.32 Å². The van der Waals surface area contributed by atoms with E-state index in [1.807, 2.05) is 37.6 Å². The van der Waals surface area contributed by atoms with Crippen LogP contribution in [0.4, 0.5) is 4.79 Å². The topological polar surface area (TPSA) is 79.7 Å². The van der Waals surface area contributed by atoms with Gasteiger partial charge in [0.2, 0.25) is 0 Å². The van der Waals surface area contributed by atoms with Gasteiger partial charge in [-0.25, -0.2) is 9.48 Å². The van der Waals surface area contributed by atoms with Crippen LogP contribution in [-0.4, -0.2) is 76.5 Å². The van der Waals surface area contributed by atoms with Crippen molar-refractivity contribution in [3.05, 3.63) is 47.3 Å². The quantitative estimate of drug-likeness (QED) is 0.599. The number of likely N-dealkylation sites (tertiary alicyclic amines) is 2. The highest BCUT2D eigenvalue weighted by molar-refractivity contribution is 5.95. The summed E-state index contributed by atoms with van der Waals surface area (Å²) in [7, 11) is 0. The fourth-order valence-corrected chi connectivity index (χ4v) is 5.26. The molecule has 0 unspecified atom stereocenters. The van der Waals surface area contributed by atoms with Crippen LogP contribution in [0.15, 0.2) is 30.5 Å². The van der Waals surface area contributed by atoms with Crippen LogP contribution in [0.3, 0.4) is 0 Å². The lowest BCUT2D eigenvalue weighted by molar-refractivity contribution is 0.0203. The van der Waals surface area contributed by atoms with Crippen LogP contribution in [-0.2, 0) is 4.74 Å². The molecule has 2 aromatic rings. The molecule has 2 aliphatic heterocycles. The number of carbonyl (C=O) groups is 2. The van der Waals surface area contributed by atoms with E-state index in [0.29, 0.717) is 25.2 Å². The highest BCUT2D eigenvalue weighted by Crippen LogP contribution is 2.33. The van der Waals surface area contributed by atoms with Gasteiger partial charge in [0.15, 0.2) is 0 Å². The molecule has 1 aromatic carbocycles. The summed E-state index contributed by atoms with van der Waals surface area (Å²) in [5.41, 5.74) is 3.16. The Morgan fingerprint density at radius 3 is 2.27 bits per heavy atom. The predicted molar refractivity (Wildman–Crippen MR) is 145 cm³/mol. The Balaban J connectivity index is 1.48. The molecular formula is C29H43N5O3. The molecule has 2 amide bonds. The fourth-order valence-electron chi connectivity index (χ4n) is 5.26. The number of hydrogen-bond donors (Lipinski definition) is 1. The zero-order valence-electron chi connectivity index (χ0n) is 23.0. The second-order valence-electron chi connectivity index (χ2n) is 11.4. The van der Waals surface area contributed by atoms with Crippen LogP contribution in [0.5, 0.6) is 0 Å². The van der Waals surface area contributed by atoms with Crippen molar-refractivity contribution in [1.82, 2.24) is 24.9 Å². The van der Waals surface area contributed by atoms with E-state index in [1.54, 1.807) is 11.1 Å². The average Bonchev–Trinajstić information content (AvgIpc) is 3.13. The Hall–Kier alpha value is -2.87. The van der Waals surface area contributed by atoms with E-state index in [4.69, 9.17) is 4.74 Å². The smallest absolute Gasteiger partial charge is 0.410 e. The molecule has 1 aromatic heterocycles. The molecule has 0 aliphatic carbocycles. The van der Waals surface area contributed by atoms with Gasteiger partial charge in [-0.2, -0.15) is 5.10 Å². The van der Waals surface area contributed by atoms with Gasteiger partial charge in [-0.15, -0.1) is 0 Å². The maximum absolute atomic E-state index is 13.4. The van der Waals surface area contributed by atoms with Gasteiger partial charge in [0.25, 0.3) is 5.91 Å². The molecule has 1 N–H and O–H groups in total. The maximum atomic E-state index is 13.4. The number of piperidine rings is 1. The molecule has 8 nitrogen and oxygen atoms in total. The highest BCUT2D eigenvalue weighted by Gasteiger charge is 2.32. The lowest BCUT2D eigenvalue weighted by Crippen LogP contribution is -2.41. The van der Waals surface area contributed by atoms with Crippen LogP contribution in [0.1, 0.15) is 86.8 Å². The van der Waals surface area contributed by atoms with Gasteiger partial charge in [0.1, 0.15) is 5.60 Å². The second-order valence-corrected chi connectivity index (χ2v) is 11.4. The number of amides is 2. The van der Waals surface area contributed by atoms with Gasteiger partial charge in [-0.3, -0.25) is 4.79 Å². The van der Waals surface area contributed by atoms with Crippen molar-refractivity contribution in [2.24, 2.45) is 0 Å². The summed E-state index contributed by atoms with van der Waals surface area (Å²) in [6.07, 6.45) is 8.03. The molecule has 0 atom stereocenters. The zero-order valence-corrected chi connectivity index (χ0v) is 23.0. The minimum Gasteiger partial charge on any atom is -0.444 e. The van der Waals surface area contributed by atoms with Crippen molar-refractivity contribution in [1.29, 1.82) is 0 Å². The largest absolute Gasteiger partial charge is 0.444 e. The first kappa shape index (κ1) is 27.2. The zero-order chi connectivity index (χ0) is 26.4. The first-order valence-corrected chi connectivity index (χ1v) is 13.8. The van der Waals surface area contributed by atoms with Crippen molar-refractivity contribution in [3.63, 3.8) is 0 Å². The minimum atomic E-state index is -0.517. The Morgan fingerprint density at radius 2 is 1.65 bits per heavy atom. The summed E-state index contributed by atoms with van der Waals surface area (Å²) in [4.78, 5) is 30.2. The van der Waals surface area contributed by atoms with Crippen LogP contribution in [0, 0.1) is 6.92 Å². The first-order chi connectivity index (χ1) is 17.7. The first-order valence-electron chi connectivity index (χ1n) is 13.8. The molecule has 0 radical (unpaired) electrons. The van der Waals surface area contributed by atoms with Crippen molar-refractivity contribution in [3.8, 4) is 5.69 Å². The molecular weight excluding hydrogens is 466 g/mol. The molecule has 0 saturated carbocycles. The third-order valence-electron chi connectivity index (χ3n) is 7.28. The lowest BCUT2D eigenvalue weighted by atomic mass is 9.91. The Labute approximate surface area is 221 Å². The van der Waals surface area contributed by atoms with E-state index < -0.39 is 5.60 Å². The Bertz CT molecular complexity index is 1040. The molecule has 2 fully saturated rings. The molecule has 4 rings (SSSR count). The molecule has 0 spiro atoms. The van der Waals surface area contributed by atoms with Crippen molar-refractivity contribution < 1.29 is 14.3 Å². The van der Waals surface area contributed by atoms with Gasteiger partial charge in [-0.1, -0.05) is 30.5 Å². The van der Waals surface area contributed by atoms with E-state index >= 15 is 0 Å². The van der Waals surface area contributed by atoms with Gasteiger partial charge in [0, 0.05) is 32.1 Å². The van der Waals surface area contributed by atoms with Crippen LogP contribution >= 0.6 is 0 Å². The molecule has 0 bridgehead atoms. The molecule has 2 aliphatic rings. The lowest BCUT2D eigenvalue weighted by Gasteiger charge is -2.34. The van der Waals surface area contributed by atoms with Gasteiger partial charge < -0.3 is 19.9 Å². The summed E-state index contributed by atoms with van der Waals surface area (Å²) in [5, 5.41) is 7.82. The summed E-state index contributed by atoms with van der Waals surface area (Å²) in [6.45, 7) is 12.6. The number of aromatic nitrogens is 2. The van der Waals surface area contributed by atoms with Gasteiger partial charge >= 0.3 is 6.09 Å². The number of nitrogens with one attached hydrogen (secondary N) is 1. The predicted octanol–water partition coefficient (Wildman–Crippen LogP) is 4.90. The highest BCUT2D eigenvalue weighted by atomic mass is 16.6. The Kier molecular flexibility index (Phi) is 8.90. The minimum absolute atomic E-state index is 0.0715. The summed E-state index contributed by atoms with van der Waals surface area (Å²) < 4.78 is 7.49. The number of hydrogen-bond acceptors (Lipinski definition) is 5.